The van der Waals surface area contributed by atoms with Crippen molar-refractivity contribution in [2.24, 2.45) is 21.7 Å². The summed E-state index contributed by atoms with van der Waals surface area (Å²) in [6, 6.07) is 10.1. The normalized spacial score (nSPS) is 15.0. The summed E-state index contributed by atoms with van der Waals surface area (Å²) in [4.78, 5) is 0. The van der Waals surface area contributed by atoms with Crippen molar-refractivity contribution in [1.82, 2.24) is 0 Å². The molecular formula is C32H46F4O. The number of benzene rings is 2. The highest BCUT2D eigenvalue weighted by Gasteiger charge is 2.54. The third kappa shape index (κ3) is 6.34. The number of hydrogen-bond acceptors (Lipinski definition) is 1. The number of ether oxygens (including phenoxy) is 1. The van der Waals surface area contributed by atoms with E-state index in [1.165, 1.54) is 0 Å². The van der Waals surface area contributed by atoms with Crippen molar-refractivity contribution in [3.63, 3.8) is 0 Å². The van der Waals surface area contributed by atoms with Crippen LogP contribution in [0.5, 0.6) is 5.75 Å². The Labute approximate surface area is 222 Å². The third-order valence-electron chi connectivity index (χ3n) is 8.13. The number of hydrogen-bond donors (Lipinski definition) is 0. The second-order valence-corrected chi connectivity index (χ2v) is 13.8. The van der Waals surface area contributed by atoms with Crippen LogP contribution in [0.3, 0.4) is 0 Å². The van der Waals surface area contributed by atoms with Crippen LogP contribution in [0, 0.1) is 44.9 Å². The average Bonchev–Trinajstić information content (AvgIpc) is 2.77. The maximum Gasteiger partial charge on any atom is 0.204 e. The summed E-state index contributed by atoms with van der Waals surface area (Å²) >= 11 is 0. The zero-order chi connectivity index (χ0) is 28.6. The lowest BCUT2D eigenvalue weighted by molar-refractivity contribution is -0.00740. The molecule has 0 amide bonds. The van der Waals surface area contributed by atoms with Crippen molar-refractivity contribution in [1.29, 1.82) is 0 Å². The summed E-state index contributed by atoms with van der Waals surface area (Å²) < 4.78 is 67.0. The molecule has 0 aliphatic carbocycles. The van der Waals surface area contributed by atoms with Gasteiger partial charge in [0.15, 0.2) is 17.4 Å². The predicted molar refractivity (Wildman–Crippen MR) is 145 cm³/mol. The SMILES string of the molecule is CCCOc1c(F)c(F)c(C(C(C)(C)C)C(C)(C)C(C)(C)C(CC(C)(C)C)c2ccccc2)c(F)c1F. The molecule has 5 heteroatoms. The van der Waals surface area contributed by atoms with E-state index in [4.69, 9.17) is 4.74 Å². The Morgan fingerprint density at radius 3 is 1.59 bits per heavy atom. The zero-order valence-corrected chi connectivity index (χ0v) is 24.6. The molecular weight excluding hydrogens is 476 g/mol. The number of halogens is 4. The fourth-order valence-electron chi connectivity index (χ4n) is 6.00. The minimum atomic E-state index is -1.47. The minimum Gasteiger partial charge on any atom is -0.487 e. The van der Waals surface area contributed by atoms with E-state index in [-0.39, 0.29) is 17.9 Å². The van der Waals surface area contributed by atoms with E-state index >= 15 is 17.6 Å². The molecule has 0 N–H and O–H groups in total. The lowest BCUT2D eigenvalue weighted by Gasteiger charge is -2.56. The maximum atomic E-state index is 15.8. The van der Waals surface area contributed by atoms with Crippen LogP contribution < -0.4 is 4.74 Å². The molecule has 2 unspecified atom stereocenters. The zero-order valence-electron chi connectivity index (χ0n) is 24.6. The Morgan fingerprint density at radius 2 is 1.19 bits per heavy atom. The molecule has 37 heavy (non-hydrogen) atoms. The summed E-state index contributed by atoms with van der Waals surface area (Å²) in [5.41, 5.74) is -1.52. The van der Waals surface area contributed by atoms with Crippen LogP contribution in [-0.2, 0) is 0 Å². The Hall–Kier alpha value is -2.04. The summed E-state index contributed by atoms with van der Waals surface area (Å²) in [5, 5.41) is 0. The van der Waals surface area contributed by atoms with Crippen LogP contribution >= 0.6 is 0 Å². The first-order valence-corrected chi connectivity index (χ1v) is 13.3. The molecule has 2 atom stereocenters. The fraction of sp³-hybridized carbons (Fsp3) is 0.625. The summed E-state index contributed by atoms with van der Waals surface area (Å²) in [6.07, 6.45) is 1.27. The summed E-state index contributed by atoms with van der Waals surface area (Å²) in [6.45, 7) is 22.0. The maximum absolute atomic E-state index is 15.8. The first kappa shape index (κ1) is 31.2. The quantitative estimate of drug-likeness (QED) is 0.235. The average molecular weight is 523 g/mol. The van der Waals surface area contributed by atoms with Gasteiger partial charge < -0.3 is 4.74 Å². The van der Waals surface area contributed by atoms with Gasteiger partial charge in [0.25, 0.3) is 0 Å². The van der Waals surface area contributed by atoms with Crippen LogP contribution in [0.1, 0.15) is 112 Å². The van der Waals surface area contributed by atoms with Crippen molar-refractivity contribution < 1.29 is 22.3 Å². The molecule has 1 nitrogen and oxygen atoms in total. The van der Waals surface area contributed by atoms with Crippen molar-refractivity contribution in [2.45, 2.75) is 101 Å². The van der Waals surface area contributed by atoms with Crippen LogP contribution in [0.2, 0.25) is 0 Å². The summed E-state index contributed by atoms with van der Waals surface area (Å²) in [7, 11) is 0. The van der Waals surface area contributed by atoms with Gasteiger partial charge in [0.2, 0.25) is 11.6 Å². The molecule has 0 aromatic heterocycles. The molecule has 0 bridgehead atoms. The first-order valence-electron chi connectivity index (χ1n) is 13.3. The molecule has 0 saturated heterocycles. The molecule has 0 aliphatic rings. The van der Waals surface area contributed by atoms with Crippen LogP contribution in [0.25, 0.3) is 0 Å². The lowest BCUT2D eigenvalue weighted by Crippen LogP contribution is -2.47. The van der Waals surface area contributed by atoms with Gasteiger partial charge in [-0.1, -0.05) is 106 Å². The van der Waals surface area contributed by atoms with Gasteiger partial charge in [-0.05, 0) is 46.0 Å². The van der Waals surface area contributed by atoms with E-state index < -0.39 is 56.7 Å². The summed E-state index contributed by atoms with van der Waals surface area (Å²) in [5.74, 6) is -7.52. The Balaban J connectivity index is 2.83. The van der Waals surface area contributed by atoms with Gasteiger partial charge in [0.1, 0.15) is 0 Å². The molecule has 0 aliphatic heterocycles. The van der Waals surface area contributed by atoms with E-state index in [1.807, 2.05) is 52.8 Å². The molecule has 0 fully saturated rings. The van der Waals surface area contributed by atoms with E-state index in [2.05, 4.69) is 46.8 Å². The van der Waals surface area contributed by atoms with Crippen molar-refractivity contribution in [3.8, 4) is 5.75 Å². The van der Waals surface area contributed by atoms with Gasteiger partial charge in [-0.25, -0.2) is 8.78 Å². The molecule has 0 heterocycles. The first-order chi connectivity index (χ1) is 16.8. The van der Waals surface area contributed by atoms with Gasteiger partial charge >= 0.3 is 0 Å². The lowest BCUT2D eigenvalue weighted by atomic mass is 9.48. The molecule has 2 aromatic carbocycles. The standard InChI is InChI=1S/C32H46F4O/c1-12-18-37-27-25(35)23(33)22(24(34)26(27)36)28(30(5,6)7)32(10,11)31(8,9)21(19-29(2,3)4)20-16-14-13-15-17-20/h13-17,21,28H,12,18-19H2,1-11H3. The van der Waals surface area contributed by atoms with Gasteiger partial charge in [0, 0.05) is 11.5 Å². The van der Waals surface area contributed by atoms with Crippen molar-refractivity contribution in [2.75, 3.05) is 6.61 Å². The van der Waals surface area contributed by atoms with Crippen molar-refractivity contribution in [3.05, 3.63) is 64.7 Å². The molecule has 2 rings (SSSR count). The van der Waals surface area contributed by atoms with Crippen LogP contribution in [0.15, 0.2) is 30.3 Å². The smallest absolute Gasteiger partial charge is 0.204 e. The molecule has 2 aromatic rings. The second kappa shape index (κ2) is 11.0. The largest absolute Gasteiger partial charge is 0.487 e. The Kier molecular flexibility index (Phi) is 9.25. The number of rotatable bonds is 9. The van der Waals surface area contributed by atoms with Gasteiger partial charge in [-0.15, -0.1) is 0 Å². The monoisotopic (exact) mass is 522 g/mol. The van der Waals surface area contributed by atoms with Gasteiger partial charge in [-0.3, -0.25) is 0 Å². The van der Waals surface area contributed by atoms with Crippen LogP contribution in [0.4, 0.5) is 17.6 Å². The second-order valence-electron chi connectivity index (χ2n) is 13.8. The van der Waals surface area contributed by atoms with E-state index in [9.17, 15) is 0 Å². The highest BCUT2D eigenvalue weighted by Crippen LogP contribution is 2.62. The third-order valence-corrected chi connectivity index (χ3v) is 8.13. The van der Waals surface area contributed by atoms with E-state index in [0.29, 0.717) is 6.42 Å². The van der Waals surface area contributed by atoms with E-state index in [1.54, 1.807) is 6.92 Å². The van der Waals surface area contributed by atoms with E-state index in [0.717, 1.165) is 12.0 Å². The minimum absolute atomic E-state index is 0.0153. The highest BCUT2D eigenvalue weighted by molar-refractivity contribution is 5.39. The van der Waals surface area contributed by atoms with Gasteiger partial charge in [-0.2, -0.15) is 8.78 Å². The highest BCUT2D eigenvalue weighted by atomic mass is 19.2. The van der Waals surface area contributed by atoms with Gasteiger partial charge in [0.05, 0.1) is 6.61 Å². The molecule has 0 saturated carbocycles. The Bertz CT molecular complexity index is 1030. The topological polar surface area (TPSA) is 9.23 Å². The van der Waals surface area contributed by atoms with Crippen LogP contribution in [-0.4, -0.2) is 6.61 Å². The fourth-order valence-corrected chi connectivity index (χ4v) is 6.00. The molecule has 208 valence electrons. The molecule has 0 radical (unpaired) electrons. The Morgan fingerprint density at radius 1 is 0.703 bits per heavy atom. The molecule has 0 spiro atoms. The van der Waals surface area contributed by atoms with Crippen molar-refractivity contribution >= 4 is 0 Å². The predicted octanol–water partition coefficient (Wildman–Crippen LogP) is 10.4.